The molecule has 1 N–H and O–H groups in total. The van der Waals surface area contributed by atoms with E-state index in [9.17, 15) is 4.79 Å². The minimum atomic E-state index is -0.00790. The molecule has 2 aromatic carbocycles. The van der Waals surface area contributed by atoms with Crippen LogP contribution in [0.25, 0.3) is 10.9 Å². The number of carbonyl (C=O) groups excluding carboxylic acids is 1. The fourth-order valence-electron chi connectivity index (χ4n) is 3.88. The molecule has 1 amide bonds. The number of hydrogen-bond acceptors (Lipinski definition) is 4. The molecule has 1 fully saturated rings. The van der Waals surface area contributed by atoms with Crippen LogP contribution >= 0.6 is 0 Å². The summed E-state index contributed by atoms with van der Waals surface area (Å²) >= 11 is 0. The highest BCUT2D eigenvalue weighted by atomic mass is 16.5. The van der Waals surface area contributed by atoms with Crippen LogP contribution in [0.1, 0.15) is 27.0 Å². The standard InChI is InChI=1S/C23H25N3O2/c1-15-12-16(2)21(17(3)13-15)25-22-18-6-4-5-7-20(18)24-14-19(22)23(27)26-8-10-28-11-9-26/h4-7,12-14H,8-11H2,1-3H3,(H,24,25). The maximum atomic E-state index is 13.3. The molecule has 0 radical (unpaired) electrons. The van der Waals surface area contributed by atoms with Gasteiger partial charge in [-0.15, -0.1) is 0 Å². The first-order valence-electron chi connectivity index (χ1n) is 9.64. The number of pyridine rings is 1. The molecule has 2 heterocycles. The number of fused-ring (bicyclic) bond motifs is 1. The van der Waals surface area contributed by atoms with Gasteiger partial charge in [0.25, 0.3) is 5.91 Å². The van der Waals surface area contributed by atoms with Crippen molar-refractivity contribution in [3.8, 4) is 0 Å². The number of aromatic nitrogens is 1. The number of ether oxygens (including phenoxy) is 1. The third kappa shape index (κ3) is 3.45. The van der Waals surface area contributed by atoms with Crippen LogP contribution in [0.5, 0.6) is 0 Å². The van der Waals surface area contributed by atoms with Crippen LogP contribution in [0.3, 0.4) is 0 Å². The lowest BCUT2D eigenvalue weighted by Gasteiger charge is -2.28. The van der Waals surface area contributed by atoms with Gasteiger partial charge in [0.05, 0.1) is 30.0 Å². The maximum absolute atomic E-state index is 13.3. The van der Waals surface area contributed by atoms with Crippen molar-refractivity contribution >= 4 is 28.2 Å². The Balaban J connectivity index is 1.84. The van der Waals surface area contributed by atoms with Crippen LogP contribution < -0.4 is 5.32 Å². The number of nitrogens with zero attached hydrogens (tertiary/aromatic N) is 2. The van der Waals surface area contributed by atoms with Gasteiger partial charge in [-0.25, -0.2) is 0 Å². The molecule has 1 saturated heterocycles. The number of hydrogen-bond donors (Lipinski definition) is 1. The Bertz CT molecular complexity index is 1020. The number of para-hydroxylation sites is 1. The first kappa shape index (κ1) is 18.4. The van der Waals surface area contributed by atoms with Crippen molar-refractivity contribution in [3.05, 3.63) is 64.8 Å². The van der Waals surface area contributed by atoms with E-state index in [1.807, 2.05) is 29.2 Å². The van der Waals surface area contributed by atoms with Crippen molar-refractivity contribution in [1.29, 1.82) is 0 Å². The molecule has 0 bridgehead atoms. The van der Waals surface area contributed by atoms with E-state index in [0.717, 1.165) is 33.4 Å². The summed E-state index contributed by atoms with van der Waals surface area (Å²) in [6.07, 6.45) is 1.70. The Hall–Kier alpha value is -2.92. The highest BCUT2D eigenvalue weighted by Gasteiger charge is 2.23. The lowest BCUT2D eigenvalue weighted by molar-refractivity contribution is 0.0303. The smallest absolute Gasteiger partial charge is 0.257 e. The lowest BCUT2D eigenvalue weighted by Crippen LogP contribution is -2.41. The minimum Gasteiger partial charge on any atom is -0.378 e. The maximum Gasteiger partial charge on any atom is 0.257 e. The Morgan fingerprint density at radius 3 is 2.43 bits per heavy atom. The topological polar surface area (TPSA) is 54.5 Å². The van der Waals surface area contributed by atoms with E-state index in [4.69, 9.17) is 4.74 Å². The quantitative estimate of drug-likeness (QED) is 0.738. The molecule has 4 rings (SSSR count). The molecule has 1 aromatic heterocycles. The first-order valence-corrected chi connectivity index (χ1v) is 9.64. The molecule has 5 heteroatoms. The molecular weight excluding hydrogens is 350 g/mol. The second-order valence-electron chi connectivity index (χ2n) is 7.37. The zero-order chi connectivity index (χ0) is 19.7. The summed E-state index contributed by atoms with van der Waals surface area (Å²) in [7, 11) is 0. The van der Waals surface area contributed by atoms with Gasteiger partial charge in [-0.1, -0.05) is 35.9 Å². The molecule has 1 aliphatic rings. The average molecular weight is 375 g/mol. The van der Waals surface area contributed by atoms with Crippen LogP contribution in [0.4, 0.5) is 11.4 Å². The average Bonchev–Trinajstić information content (AvgIpc) is 2.70. The summed E-state index contributed by atoms with van der Waals surface area (Å²) in [5.74, 6) is -0.00790. The van der Waals surface area contributed by atoms with Gasteiger partial charge in [-0.2, -0.15) is 0 Å². The summed E-state index contributed by atoms with van der Waals surface area (Å²) in [4.78, 5) is 19.7. The number of morpholine rings is 1. The monoisotopic (exact) mass is 375 g/mol. The van der Waals surface area contributed by atoms with Crippen molar-refractivity contribution in [2.45, 2.75) is 20.8 Å². The summed E-state index contributed by atoms with van der Waals surface area (Å²) in [6, 6.07) is 12.2. The molecular formula is C23H25N3O2. The molecule has 5 nitrogen and oxygen atoms in total. The van der Waals surface area contributed by atoms with Crippen LogP contribution in [-0.4, -0.2) is 42.1 Å². The number of carbonyl (C=O) groups is 1. The molecule has 0 aliphatic carbocycles. The molecule has 3 aromatic rings. The van der Waals surface area contributed by atoms with Gasteiger partial charge in [-0.3, -0.25) is 9.78 Å². The second kappa shape index (κ2) is 7.60. The van der Waals surface area contributed by atoms with Gasteiger partial charge >= 0.3 is 0 Å². The summed E-state index contributed by atoms with van der Waals surface area (Å²) in [6.45, 7) is 8.64. The van der Waals surface area contributed by atoms with Gasteiger partial charge in [0.1, 0.15) is 0 Å². The van der Waals surface area contributed by atoms with Crippen molar-refractivity contribution < 1.29 is 9.53 Å². The first-order chi connectivity index (χ1) is 13.5. The number of rotatable bonds is 3. The summed E-state index contributed by atoms with van der Waals surface area (Å²) < 4.78 is 5.40. The van der Waals surface area contributed by atoms with E-state index in [2.05, 4.69) is 43.2 Å². The van der Waals surface area contributed by atoms with Crippen molar-refractivity contribution in [2.75, 3.05) is 31.6 Å². The van der Waals surface area contributed by atoms with Gasteiger partial charge in [0, 0.05) is 30.4 Å². The fourth-order valence-corrected chi connectivity index (χ4v) is 3.88. The number of aryl methyl sites for hydroxylation is 3. The van der Waals surface area contributed by atoms with Crippen LogP contribution in [0.15, 0.2) is 42.6 Å². The number of anilines is 2. The van der Waals surface area contributed by atoms with E-state index in [-0.39, 0.29) is 5.91 Å². The summed E-state index contributed by atoms with van der Waals surface area (Å²) in [5.41, 5.74) is 6.86. The summed E-state index contributed by atoms with van der Waals surface area (Å²) in [5, 5.41) is 4.53. The van der Waals surface area contributed by atoms with E-state index in [1.165, 1.54) is 5.56 Å². The van der Waals surface area contributed by atoms with E-state index < -0.39 is 0 Å². The molecule has 0 unspecified atom stereocenters. The van der Waals surface area contributed by atoms with E-state index in [1.54, 1.807) is 6.20 Å². The minimum absolute atomic E-state index is 0.00790. The van der Waals surface area contributed by atoms with Gasteiger partial charge in [-0.05, 0) is 38.0 Å². The van der Waals surface area contributed by atoms with Gasteiger partial charge in [0.2, 0.25) is 0 Å². The third-order valence-corrected chi connectivity index (χ3v) is 5.23. The lowest BCUT2D eigenvalue weighted by atomic mass is 10.0. The molecule has 0 saturated carbocycles. The van der Waals surface area contributed by atoms with Crippen LogP contribution in [0, 0.1) is 20.8 Å². The third-order valence-electron chi connectivity index (χ3n) is 5.23. The van der Waals surface area contributed by atoms with E-state index in [0.29, 0.717) is 31.9 Å². The predicted octanol–water partition coefficient (Wildman–Crippen LogP) is 4.38. The Labute approximate surface area is 165 Å². The fraction of sp³-hybridized carbons (Fsp3) is 0.304. The Morgan fingerprint density at radius 2 is 1.71 bits per heavy atom. The molecule has 28 heavy (non-hydrogen) atoms. The zero-order valence-corrected chi connectivity index (χ0v) is 16.6. The van der Waals surface area contributed by atoms with Crippen molar-refractivity contribution in [1.82, 2.24) is 9.88 Å². The zero-order valence-electron chi connectivity index (χ0n) is 16.6. The largest absolute Gasteiger partial charge is 0.378 e. The van der Waals surface area contributed by atoms with E-state index >= 15 is 0 Å². The van der Waals surface area contributed by atoms with Gasteiger partial charge < -0.3 is 15.0 Å². The highest BCUT2D eigenvalue weighted by Crippen LogP contribution is 2.33. The number of amides is 1. The van der Waals surface area contributed by atoms with Crippen LogP contribution in [0.2, 0.25) is 0 Å². The molecule has 0 spiro atoms. The molecule has 144 valence electrons. The number of benzene rings is 2. The molecule has 1 aliphatic heterocycles. The van der Waals surface area contributed by atoms with Gasteiger partial charge in [0.15, 0.2) is 0 Å². The highest BCUT2D eigenvalue weighted by molar-refractivity contribution is 6.08. The van der Waals surface area contributed by atoms with Crippen molar-refractivity contribution in [3.63, 3.8) is 0 Å². The predicted molar refractivity (Wildman–Crippen MR) is 112 cm³/mol. The second-order valence-corrected chi connectivity index (χ2v) is 7.37. The molecule has 0 atom stereocenters. The Morgan fingerprint density at radius 1 is 1.04 bits per heavy atom. The van der Waals surface area contributed by atoms with Crippen LogP contribution in [-0.2, 0) is 4.74 Å². The Kier molecular flexibility index (Phi) is 5.01. The number of nitrogens with one attached hydrogen (secondary N) is 1. The van der Waals surface area contributed by atoms with Crippen molar-refractivity contribution in [2.24, 2.45) is 0 Å². The normalized spacial score (nSPS) is 14.3. The SMILES string of the molecule is Cc1cc(C)c(Nc2c(C(=O)N3CCOCC3)cnc3ccccc23)c(C)c1.